The van der Waals surface area contributed by atoms with Gasteiger partial charge in [0.2, 0.25) is 0 Å². The van der Waals surface area contributed by atoms with Crippen molar-refractivity contribution in [1.29, 1.82) is 0 Å². The van der Waals surface area contributed by atoms with Crippen LogP contribution < -0.4 is 0 Å². The van der Waals surface area contributed by atoms with Crippen LogP contribution in [0.4, 0.5) is 0 Å². The van der Waals surface area contributed by atoms with Crippen LogP contribution in [-0.2, 0) is 19.3 Å². The SMILES string of the molecule is CCCC(CCC)c1ccc(CC)c(CCC(C)c2cc(C)ccc2CCC2CCC2)c1. The molecule has 2 aromatic carbocycles. The lowest BCUT2D eigenvalue weighted by Gasteiger charge is -2.26. The van der Waals surface area contributed by atoms with Gasteiger partial charge >= 0.3 is 0 Å². The molecule has 0 radical (unpaired) electrons. The van der Waals surface area contributed by atoms with E-state index in [-0.39, 0.29) is 0 Å². The quantitative estimate of drug-likeness (QED) is 0.295. The molecule has 1 saturated carbocycles. The molecule has 1 fully saturated rings. The Morgan fingerprint density at radius 2 is 1.53 bits per heavy atom. The third-order valence-electron chi connectivity index (χ3n) is 8.08. The lowest BCUT2D eigenvalue weighted by atomic mass is 9.79. The van der Waals surface area contributed by atoms with Crippen LogP contribution in [0.1, 0.15) is 131 Å². The van der Waals surface area contributed by atoms with Crippen LogP contribution in [-0.4, -0.2) is 0 Å². The molecular weight excluding hydrogens is 384 g/mol. The molecule has 0 amide bonds. The van der Waals surface area contributed by atoms with E-state index in [4.69, 9.17) is 0 Å². The standard InChI is InChI=1S/C32H48/c1-6-10-28(11-7-2)31-21-20-27(8-3)30(23-31)18-15-25(5)32-22-24(4)14-17-29(32)19-16-26-12-9-13-26/h14,17,20-23,25-26,28H,6-13,15-16,18-19H2,1-5H3. The fraction of sp³-hybridized carbons (Fsp3) is 0.625. The summed E-state index contributed by atoms with van der Waals surface area (Å²) in [6.45, 7) is 11.7. The van der Waals surface area contributed by atoms with E-state index < -0.39 is 0 Å². The lowest BCUT2D eigenvalue weighted by Crippen LogP contribution is -2.12. The second kappa shape index (κ2) is 12.6. The largest absolute Gasteiger partial charge is 0.0654 e. The average molecular weight is 433 g/mol. The molecule has 32 heavy (non-hydrogen) atoms. The van der Waals surface area contributed by atoms with Crippen LogP contribution in [0.15, 0.2) is 36.4 Å². The smallest absolute Gasteiger partial charge is 0.0162 e. The zero-order valence-electron chi connectivity index (χ0n) is 21.7. The maximum atomic E-state index is 2.58. The molecule has 0 aromatic heterocycles. The van der Waals surface area contributed by atoms with Crippen LogP contribution >= 0.6 is 0 Å². The molecule has 2 aromatic rings. The fourth-order valence-corrected chi connectivity index (χ4v) is 5.72. The van der Waals surface area contributed by atoms with Gasteiger partial charge in [-0.25, -0.2) is 0 Å². The van der Waals surface area contributed by atoms with Gasteiger partial charge in [-0.1, -0.05) is 102 Å². The molecule has 1 aliphatic carbocycles. The molecule has 0 nitrogen and oxygen atoms in total. The Kier molecular flexibility index (Phi) is 9.89. The molecular formula is C32H48. The maximum absolute atomic E-state index is 2.58. The zero-order valence-corrected chi connectivity index (χ0v) is 21.7. The third-order valence-corrected chi connectivity index (χ3v) is 8.08. The number of hydrogen-bond donors (Lipinski definition) is 0. The van der Waals surface area contributed by atoms with Crippen LogP contribution in [0.25, 0.3) is 0 Å². The Morgan fingerprint density at radius 1 is 0.812 bits per heavy atom. The van der Waals surface area contributed by atoms with E-state index in [1.54, 1.807) is 27.8 Å². The van der Waals surface area contributed by atoms with Gasteiger partial charge in [0.05, 0.1) is 0 Å². The molecule has 0 bridgehead atoms. The highest BCUT2D eigenvalue weighted by atomic mass is 14.2. The van der Waals surface area contributed by atoms with Crippen molar-refractivity contribution in [3.8, 4) is 0 Å². The Hall–Kier alpha value is -1.56. The minimum absolute atomic E-state index is 0.627. The highest BCUT2D eigenvalue weighted by Crippen LogP contribution is 2.34. The van der Waals surface area contributed by atoms with E-state index in [1.165, 1.54) is 76.2 Å². The van der Waals surface area contributed by atoms with Gasteiger partial charge in [-0.2, -0.15) is 0 Å². The van der Waals surface area contributed by atoms with Crippen LogP contribution in [0.2, 0.25) is 0 Å². The van der Waals surface area contributed by atoms with Crippen LogP contribution in [0, 0.1) is 12.8 Å². The van der Waals surface area contributed by atoms with E-state index in [0.29, 0.717) is 5.92 Å². The monoisotopic (exact) mass is 432 g/mol. The summed E-state index contributed by atoms with van der Waals surface area (Å²) in [5.41, 5.74) is 9.40. The van der Waals surface area contributed by atoms with E-state index in [9.17, 15) is 0 Å². The summed E-state index contributed by atoms with van der Waals surface area (Å²) in [5, 5.41) is 0. The molecule has 0 saturated heterocycles. The zero-order chi connectivity index (χ0) is 22.9. The maximum Gasteiger partial charge on any atom is -0.0162 e. The van der Waals surface area contributed by atoms with Crippen LogP contribution in [0.3, 0.4) is 0 Å². The Morgan fingerprint density at radius 3 is 2.16 bits per heavy atom. The molecule has 0 heterocycles. The lowest BCUT2D eigenvalue weighted by molar-refractivity contribution is 0.296. The highest BCUT2D eigenvalue weighted by Gasteiger charge is 2.19. The molecule has 176 valence electrons. The molecule has 0 heteroatoms. The van der Waals surface area contributed by atoms with E-state index in [0.717, 1.165) is 18.3 Å². The second-order valence-corrected chi connectivity index (χ2v) is 10.6. The normalized spacial score (nSPS) is 15.2. The Bertz CT molecular complexity index is 820. The number of rotatable bonds is 13. The first-order chi connectivity index (χ1) is 15.5. The summed E-state index contributed by atoms with van der Waals surface area (Å²) in [5.74, 6) is 2.36. The van der Waals surface area contributed by atoms with Gasteiger partial charge in [0.25, 0.3) is 0 Å². The Labute approximate surface area is 199 Å². The molecule has 3 rings (SSSR count). The minimum atomic E-state index is 0.627. The summed E-state index contributed by atoms with van der Waals surface area (Å²) < 4.78 is 0. The highest BCUT2D eigenvalue weighted by molar-refractivity contribution is 5.36. The molecule has 0 spiro atoms. The van der Waals surface area contributed by atoms with Gasteiger partial charge in [0.1, 0.15) is 0 Å². The predicted molar refractivity (Wildman–Crippen MR) is 142 cm³/mol. The van der Waals surface area contributed by atoms with Crippen molar-refractivity contribution in [2.45, 2.75) is 124 Å². The van der Waals surface area contributed by atoms with E-state index in [1.807, 2.05) is 0 Å². The van der Waals surface area contributed by atoms with Crippen molar-refractivity contribution in [1.82, 2.24) is 0 Å². The number of hydrogen-bond acceptors (Lipinski definition) is 0. The van der Waals surface area contributed by atoms with Crippen molar-refractivity contribution in [3.05, 3.63) is 69.8 Å². The third kappa shape index (κ3) is 6.72. The Balaban J connectivity index is 1.72. The van der Waals surface area contributed by atoms with Gasteiger partial charge in [-0.15, -0.1) is 0 Å². The van der Waals surface area contributed by atoms with Gasteiger partial charge in [-0.3, -0.25) is 0 Å². The fourth-order valence-electron chi connectivity index (χ4n) is 5.72. The number of aryl methyl sites for hydroxylation is 4. The second-order valence-electron chi connectivity index (χ2n) is 10.6. The van der Waals surface area contributed by atoms with Gasteiger partial charge in [0, 0.05) is 0 Å². The molecule has 1 atom stereocenters. The van der Waals surface area contributed by atoms with Gasteiger partial charge in [-0.05, 0) is 97.4 Å². The summed E-state index contributed by atoms with van der Waals surface area (Å²) in [7, 11) is 0. The van der Waals surface area contributed by atoms with Crippen molar-refractivity contribution in [3.63, 3.8) is 0 Å². The first-order valence-electron chi connectivity index (χ1n) is 13.8. The van der Waals surface area contributed by atoms with E-state index in [2.05, 4.69) is 71.0 Å². The van der Waals surface area contributed by atoms with Gasteiger partial charge < -0.3 is 0 Å². The van der Waals surface area contributed by atoms with Crippen molar-refractivity contribution < 1.29 is 0 Å². The average Bonchev–Trinajstić information content (AvgIpc) is 2.77. The summed E-state index contributed by atoms with van der Waals surface area (Å²) in [6.07, 6.45) is 15.9. The van der Waals surface area contributed by atoms with Gasteiger partial charge in [0.15, 0.2) is 0 Å². The first-order valence-corrected chi connectivity index (χ1v) is 13.8. The molecule has 0 N–H and O–H groups in total. The van der Waals surface area contributed by atoms with Crippen LogP contribution in [0.5, 0.6) is 0 Å². The number of benzene rings is 2. The van der Waals surface area contributed by atoms with Crippen molar-refractivity contribution in [2.75, 3.05) is 0 Å². The summed E-state index contributed by atoms with van der Waals surface area (Å²) >= 11 is 0. The minimum Gasteiger partial charge on any atom is -0.0654 e. The molecule has 0 aliphatic heterocycles. The summed E-state index contributed by atoms with van der Waals surface area (Å²) in [4.78, 5) is 0. The van der Waals surface area contributed by atoms with E-state index >= 15 is 0 Å². The summed E-state index contributed by atoms with van der Waals surface area (Å²) in [6, 6.07) is 14.7. The topological polar surface area (TPSA) is 0 Å². The molecule has 1 aliphatic rings. The molecule has 1 unspecified atom stereocenters. The first kappa shape index (κ1) is 25.1. The predicted octanol–water partition coefficient (Wildman–Crippen LogP) is 9.71. The van der Waals surface area contributed by atoms with Crippen molar-refractivity contribution in [2.24, 2.45) is 5.92 Å². The van der Waals surface area contributed by atoms with Crippen molar-refractivity contribution >= 4 is 0 Å².